The van der Waals surface area contributed by atoms with Gasteiger partial charge in [0, 0.05) is 6.54 Å². The fourth-order valence-corrected chi connectivity index (χ4v) is 10.2. The van der Waals surface area contributed by atoms with E-state index in [9.17, 15) is 18.6 Å². The zero-order valence-electron chi connectivity index (χ0n) is 21.0. The van der Waals surface area contributed by atoms with Crippen LogP contribution in [0.2, 0.25) is 0 Å². The van der Waals surface area contributed by atoms with E-state index in [2.05, 4.69) is 32.4 Å². The van der Waals surface area contributed by atoms with Gasteiger partial charge in [-0.05, 0) is 110 Å². The maximum absolute atomic E-state index is 11.8. The molecule has 7 heteroatoms. The van der Waals surface area contributed by atoms with Gasteiger partial charge >= 0.3 is 10.3 Å². The highest BCUT2D eigenvalue weighted by atomic mass is 32.2. The summed E-state index contributed by atoms with van der Waals surface area (Å²) in [6.45, 7) is 9.77. The van der Waals surface area contributed by atoms with E-state index in [0.29, 0.717) is 35.5 Å². The van der Waals surface area contributed by atoms with Gasteiger partial charge in [-0.1, -0.05) is 34.1 Å². The first-order chi connectivity index (χ1) is 15.4. The molecule has 0 aromatic rings. The van der Waals surface area contributed by atoms with Gasteiger partial charge in [0.05, 0.1) is 12.2 Å². The lowest BCUT2D eigenvalue weighted by atomic mass is 9.41. The highest BCUT2D eigenvalue weighted by Crippen LogP contribution is 2.69. The van der Waals surface area contributed by atoms with Crippen LogP contribution in [0.3, 0.4) is 0 Å². The Bertz CT molecular complexity index is 805. The van der Waals surface area contributed by atoms with Gasteiger partial charge in [0.2, 0.25) is 0 Å². The molecule has 33 heavy (non-hydrogen) atoms. The van der Waals surface area contributed by atoms with Gasteiger partial charge < -0.3 is 10.2 Å². The summed E-state index contributed by atoms with van der Waals surface area (Å²) < 4.78 is 33.0. The van der Waals surface area contributed by atoms with Gasteiger partial charge in [-0.2, -0.15) is 13.1 Å². The van der Waals surface area contributed by atoms with Gasteiger partial charge in [-0.25, -0.2) is 0 Å². The van der Waals surface area contributed by atoms with Crippen LogP contribution >= 0.6 is 0 Å². The fraction of sp³-hybridized carbons (Fsp3) is 1.00. The van der Waals surface area contributed by atoms with Crippen molar-refractivity contribution in [1.29, 1.82) is 0 Å². The van der Waals surface area contributed by atoms with Crippen molar-refractivity contribution in [2.45, 2.75) is 104 Å². The largest absolute Gasteiger partial charge is 0.393 e. The summed E-state index contributed by atoms with van der Waals surface area (Å²) in [6.07, 6.45) is 9.82. The maximum Gasteiger partial charge on any atom is 0.333 e. The number of rotatable bonds is 7. The smallest absolute Gasteiger partial charge is 0.333 e. The lowest BCUT2D eigenvalue weighted by molar-refractivity contribution is -0.203. The number of fused-ring (bicyclic) bond motifs is 5. The number of nitrogens with one attached hydrogen (secondary N) is 1. The van der Waals surface area contributed by atoms with Gasteiger partial charge in [-0.3, -0.25) is 4.55 Å². The molecule has 4 N–H and O–H groups in total. The Morgan fingerprint density at radius 1 is 1.00 bits per heavy atom. The molecule has 0 saturated heterocycles. The van der Waals surface area contributed by atoms with Crippen molar-refractivity contribution in [2.24, 2.45) is 52.3 Å². The molecule has 0 bridgehead atoms. The highest BCUT2D eigenvalue weighted by Gasteiger charge is 2.64. The third-order valence-electron chi connectivity index (χ3n) is 11.3. The summed E-state index contributed by atoms with van der Waals surface area (Å²) in [5.74, 6) is 3.28. The van der Waals surface area contributed by atoms with Crippen molar-refractivity contribution in [3.05, 3.63) is 0 Å². The summed E-state index contributed by atoms with van der Waals surface area (Å²) in [7, 11) is -4.11. The molecule has 3 unspecified atom stereocenters. The molecule has 0 aromatic heterocycles. The van der Waals surface area contributed by atoms with Crippen LogP contribution in [-0.4, -0.2) is 41.9 Å². The van der Waals surface area contributed by atoms with E-state index in [1.165, 1.54) is 25.7 Å². The molecular formula is C26H47NO5S. The van der Waals surface area contributed by atoms with Crippen LogP contribution in [0, 0.1) is 52.3 Å². The topological polar surface area (TPSA) is 107 Å². The molecule has 4 saturated carbocycles. The maximum atomic E-state index is 11.8. The number of aliphatic hydroxyl groups is 2. The molecule has 4 rings (SSSR count). The molecule has 192 valence electrons. The zero-order valence-corrected chi connectivity index (χ0v) is 21.9. The number of aliphatic hydroxyl groups excluding tert-OH is 2. The monoisotopic (exact) mass is 485 g/mol. The van der Waals surface area contributed by atoms with Crippen LogP contribution in [0.5, 0.6) is 0 Å². The van der Waals surface area contributed by atoms with E-state index < -0.39 is 10.3 Å². The summed E-state index contributed by atoms with van der Waals surface area (Å²) >= 11 is 0. The van der Waals surface area contributed by atoms with E-state index in [1.54, 1.807) is 0 Å². The molecule has 0 amide bonds. The Balaban J connectivity index is 1.51. The van der Waals surface area contributed by atoms with Gasteiger partial charge in [0.25, 0.3) is 0 Å². The Hall–Kier alpha value is -0.210. The fourth-order valence-electron chi connectivity index (χ4n) is 9.76. The van der Waals surface area contributed by atoms with Crippen molar-refractivity contribution in [2.75, 3.05) is 6.54 Å². The molecule has 4 aliphatic rings. The third-order valence-corrected chi connectivity index (χ3v) is 11.8. The quantitative estimate of drug-likeness (QED) is 0.315. The predicted molar refractivity (Wildman–Crippen MR) is 130 cm³/mol. The van der Waals surface area contributed by atoms with Crippen molar-refractivity contribution < 1.29 is 23.2 Å². The van der Waals surface area contributed by atoms with Crippen LogP contribution in [0.1, 0.15) is 91.9 Å². The molecule has 4 aliphatic carbocycles. The van der Waals surface area contributed by atoms with Crippen molar-refractivity contribution in [1.82, 2.24) is 4.72 Å². The molecule has 0 spiro atoms. The van der Waals surface area contributed by atoms with Crippen molar-refractivity contribution in [3.63, 3.8) is 0 Å². The number of hydrogen-bond acceptors (Lipinski definition) is 4. The average Bonchev–Trinajstić information content (AvgIpc) is 3.09. The Labute approximate surface area is 201 Å². The van der Waals surface area contributed by atoms with Crippen LogP contribution in [-0.2, 0) is 10.3 Å². The Kier molecular flexibility index (Phi) is 7.33. The first-order valence-electron chi connectivity index (χ1n) is 13.5. The molecule has 0 radical (unpaired) electrons. The molecule has 6 nitrogen and oxygen atoms in total. The second kappa shape index (κ2) is 9.34. The third kappa shape index (κ3) is 4.54. The average molecular weight is 486 g/mol. The predicted octanol–water partition coefficient (Wildman–Crippen LogP) is 4.42. The standard InChI is InChI=1S/C26H47NO5S/c1-5-18-22-15-17(28)10-12-26(22,4)21-11-13-25(3)19(8-9-20(25)23(21)24(18)29)16(2)7-6-14-27-33(30,31)32/h16-24,27-29H,5-15H2,1-4H3,(H,30,31,32)/t16-,17-,18-,19-,20+,21+,22?,23?,24-,25?,26-/m1/s1. The van der Waals surface area contributed by atoms with E-state index in [0.717, 1.165) is 38.5 Å². The molecular weight excluding hydrogens is 438 g/mol. The first-order valence-corrected chi connectivity index (χ1v) is 14.9. The molecule has 11 atom stereocenters. The summed E-state index contributed by atoms with van der Waals surface area (Å²) in [5, 5.41) is 22.2. The minimum absolute atomic E-state index is 0.207. The summed E-state index contributed by atoms with van der Waals surface area (Å²) in [6, 6.07) is 0. The van der Waals surface area contributed by atoms with Crippen molar-refractivity contribution in [3.8, 4) is 0 Å². The molecule has 0 aliphatic heterocycles. The van der Waals surface area contributed by atoms with E-state index in [1.807, 2.05) is 0 Å². The van der Waals surface area contributed by atoms with E-state index in [-0.39, 0.29) is 35.5 Å². The van der Waals surface area contributed by atoms with Crippen molar-refractivity contribution >= 4 is 10.3 Å². The number of hydrogen-bond donors (Lipinski definition) is 4. The second-order valence-electron chi connectivity index (χ2n) is 12.6. The normalized spacial score (nSPS) is 48.6. The SMILES string of the molecule is CC[C@@H]1C2C[C@H](O)CC[C@]2(C)[C@H]2CCC3(C)[C@@H]([C@H](C)CCCNS(=O)(=O)O)CC[C@H]3C2[C@@H]1O. The lowest BCUT2D eigenvalue weighted by Gasteiger charge is -2.64. The Morgan fingerprint density at radius 3 is 2.33 bits per heavy atom. The summed E-state index contributed by atoms with van der Waals surface area (Å²) in [5.41, 5.74) is 0.462. The van der Waals surface area contributed by atoms with E-state index in [4.69, 9.17) is 4.55 Å². The second-order valence-corrected chi connectivity index (χ2v) is 13.8. The highest BCUT2D eigenvalue weighted by molar-refractivity contribution is 7.83. The summed E-state index contributed by atoms with van der Waals surface area (Å²) in [4.78, 5) is 0. The van der Waals surface area contributed by atoms with Crippen LogP contribution in [0.15, 0.2) is 0 Å². The van der Waals surface area contributed by atoms with Gasteiger partial charge in [-0.15, -0.1) is 0 Å². The van der Waals surface area contributed by atoms with Crippen LogP contribution in [0.25, 0.3) is 0 Å². The van der Waals surface area contributed by atoms with Gasteiger partial charge in [0.15, 0.2) is 0 Å². The first kappa shape index (κ1) is 25.9. The van der Waals surface area contributed by atoms with Crippen LogP contribution in [0.4, 0.5) is 0 Å². The van der Waals surface area contributed by atoms with E-state index >= 15 is 0 Å². The molecule has 0 aromatic carbocycles. The minimum atomic E-state index is -4.11. The van der Waals surface area contributed by atoms with Gasteiger partial charge in [0.1, 0.15) is 0 Å². The van der Waals surface area contributed by atoms with Crippen LogP contribution < -0.4 is 4.72 Å². The Morgan fingerprint density at radius 2 is 1.67 bits per heavy atom. The lowest BCUT2D eigenvalue weighted by Crippen LogP contribution is -2.62. The zero-order chi connectivity index (χ0) is 24.2. The molecule has 0 heterocycles. The minimum Gasteiger partial charge on any atom is -0.393 e. The molecule has 4 fully saturated rings.